The Kier molecular flexibility index (Phi) is 3.11. The summed E-state index contributed by atoms with van der Waals surface area (Å²) >= 11 is 0. The number of amidine groups is 1. The number of carbonyl (C=O) groups excluding carboxylic acids is 1. The van der Waals surface area contributed by atoms with E-state index < -0.39 is 5.97 Å². The summed E-state index contributed by atoms with van der Waals surface area (Å²) in [5.74, 6) is -0.374. The summed E-state index contributed by atoms with van der Waals surface area (Å²) < 4.78 is 4.83. The third-order valence-corrected chi connectivity index (χ3v) is 2.52. The fourth-order valence-electron chi connectivity index (χ4n) is 1.74. The molecule has 90 valence electrons. The molecule has 0 radical (unpaired) electrons. The van der Waals surface area contributed by atoms with Crippen LogP contribution in [0.4, 0.5) is 0 Å². The molecular formula is C13H11N3O2. The molecule has 2 rings (SSSR count). The molecule has 18 heavy (non-hydrogen) atoms. The highest BCUT2D eigenvalue weighted by molar-refractivity contribution is 6.13. The number of fused-ring (bicyclic) bond motifs is 1. The van der Waals surface area contributed by atoms with Crippen molar-refractivity contribution in [3.63, 3.8) is 0 Å². The van der Waals surface area contributed by atoms with Crippen molar-refractivity contribution in [1.29, 1.82) is 5.26 Å². The molecule has 0 fully saturated rings. The zero-order chi connectivity index (χ0) is 13.1. The third-order valence-electron chi connectivity index (χ3n) is 2.52. The Morgan fingerprint density at radius 1 is 1.44 bits per heavy atom. The molecule has 1 aliphatic rings. The minimum Gasteiger partial charge on any atom is -0.462 e. The first-order valence-corrected chi connectivity index (χ1v) is 5.44. The molecule has 0 aliphatic carbocycles. The van der Waals surface area contributed by atoms with E-state index in [4.69, 9.17) is 15.7 Å². The first-order valence-electron chi connectivity index (χ1n) is 5.44. The Hall–Kier alpha value is -2.61. The standard InChI is InChI=1S/C13H11N3O2/c1-2-18-13(17)10(7-14)11-8-5-3-4-6-9(8)12(15)16-11/h3-6H,2H2,1H3,(H2,15,16). The molecule has 0 bridgehead atoms. The van der Waals surface area contributed by atoms with E-state index in [1.165, 1.54) is 0 Å². The second-order valence-corrected chi connectivity index (χ2v) is 3.60. The van der Waals surface area contributed by atoms with Gasteiger partial charge in [0.25, 0.3) is 0 Å². The van der Waals surface area contributed by atoms with Gasteiger partial charge in [-0.15, -0.1) is 0 Å². The summed E-state index contributed by atoms with van der Waals surface area (Å²) in [6.45, 7) is 1.88. The lowest BCUT2D eigenvalue weighted by atomic mass is 10.0. The van der Waals surface area contributed by atoms with Gasteiger partial charge in [0.2, 0.25) is 0 Å². The molecule has 0 spiro atoms. The van der Waals surface area contributed by atoms with E-state index >= 15 is 0 Å². The Morgan fingerprint density at radius 3 is 2.72 bits per heavy atom. The van der Waals surface area contributed by atoms with E-state index in [9.17, 15) is 4.79 Å². The Balaban J connectivity index is 2.58. The fraction of sp³-hybridized carbons (Fsp3) is 0.154. The van der Waals surface area contributed by atoms with Crippen molar-refractivity contribution >= 4 is 17.5 Å². The highest BCUT2D eigenvalue weighted by Crippen LogP contribution is 2.30. The van der Waals surface area contributed by atoms with Crippen LogP contribution in [-0.4, -0.2) is 18.4 Å². The van der Waals surface area contributed by atoms with Crippen LogP contribution < -0.4 is 5.73 Å². The number of ether oxygens (including phenoxy) is 1. The number of nitrogens with zero attached hydrogens (tertiary/aromatic N) is 2. The minimum atomic E-state index is -0.678. The molecule has 5 nitrogen and oxygen atoms in total. The highest BCUT2D eigenvalue weighted by Gasteiger charge is 2.25. The van der Waals surface area contributed by atoms with Crippen LogP contribution >= 0.6 is 0 Å². The molecule has 1 heterocycles. The second-order valence-electron chi connectivity index (χ2n) is 3.60. The van der Waals surface area contributed by atoms with Gasteiger partial charge in [0.1, 0.15) is 11.9 Å². The number of nitrogens with two attached hydrogens (primary N) is 1. The predicted octanol–water partition coefficient (Wildman–Crippen LogP) is 1.20. The Bertz CT molecular complexity index is 609. The van der Waals surface area contributed by atoms with Crippen LogP contribution in [-0.2, 0) is 9.53 Å². The van der Waals surface area contributed by atoms with Crippen molar-refractivity contribution in [2.75, 3.05) is 6.61 Å². The monoisotopic (exact) mass is 241 g/mol. The van der Waals surface area contributed by atoms with E-state index in [1.807, 2.05) is 12.1 Å². The maximum Gasteiger partial charge on any atom is 0.351 e. The molecule has 0 saturated heterocycles. The third kappa shape index (κ3) is 1.84. The van der Waals surface area contributed by atoms with Gasteiger partial charge in [0.15, 0.2) is 5.57 Å². The van der Waals surface area contributed by atoms with Gasteiger partial charge >= 0.3 is 5.97 Å². The van der Waals surface area contributed by atoms with Gasteiger partial charge < -0.3 is 10.5 Å². The van der Waals surface area contributed by atoms with Crippen LogP contribution in [0.1, 0.15) is 18.1 Å². The summed E-state index contributed by atoms with van der Waals surface area (Å²) in [6.07, 6.45) is 0. The van der Waals surface area contributed by atoms with Gasteiger partial charge in [-0.1, -0.05) is 24.3 Å². The van der Waals surface area contributed by atoms with Crippen LogP contribution in [0, 0.1) is 11.3 Å². The van der Waals surface area contributed by atoms with Gasteiger partial charge in [-0.25, -0.2) is 9.79 Å². The van der Waals surface area contributed by atoms with Crippen molar-refractivity contribution in [2.24, 2.45) is 10.7 Å². The zero-order valence-electron chi connectivity index (χ0n) is 9.80. The SMILES string of the molecule is CCOC(=O)C(C#N)=C1N=C(N)c2ccccc21. The normalized spacial score (nSPS) is 15.4. The molecule has 5 heteroatoms. The van der Waals surface area contributed by atoms with E-state index in [1.54, 1.807) is 25.1 Å². The Labute approximate surface area is 104 Å². The number of benzene rings is 1. The number of carbonyl (C=O) groups is 1. The van der Waals surface area contributed by atoms with Crippen LogP contribution in [0.5, 0.6) is 0 Å². The van der Waals surface area contributed by atoms with Crippen LogP contribution in [0.15, 0.2) is 34.8 Å². The van der Waals surface area contributed by atoms with Gasteiger partial charge in [-0.2, -0.15) is 5.26 Å². The zero-order valence-corrected chi connectivity index (χ0v) is 9.80. The van der Waals surface area contributed by atoms with Crippen molar-refractivity contribution in [3.05, 3.63) is 41.0 Å². The maximum atomic E-state index is 11.7. The first kappa shape index (κ1) is 11.9. The molecular weight excluding hydrogens is 230 g/mol. The van der Waals surface area contributed by atoms with E-state index in [0.717, 1.165) is 5.56 Å². The Morgan fingerprint density at radius 2 is 2.11 bits per heavy atom. The summed E-state index contributed by atoms with van der Waals surface area (Å²) in [7, 11) is 0. The van der Waals surface area contributed by atoms with Gasteiger partial charge in [0.05, 0.1) is 12.3 Å². The minimum absolute atomic E-state index is 0.121. The molecule has 0 saturated carbocycles. The number of hydrogen-bond donors (Lipinski definition) is 1. The number of hydrogen-bond acceptors (Lipinski definition) is 5. The molecule has 0 unspecified atom stereocenters. The summed E-state index contributed by atoms with van der Waals surface area (Å²) in [4.78, 5) is 15.7. The van der Waals surface area contributed by atoms with Crippen molar-refractivity contribution in [3.8, 4) is 6.07 Å². The lowest BCUT2D eigenvalue weighted by Gasteiger charge is -2.03. The molecule has 1 aromatic carbocycles. The van der Waals surface area contributed by atoms with Crippen LogP contribution in [0.25, 0.3) is 5.70 Å². The number of rotatable bonds is 2. The topological polar surface area (TPSA) is 88.5 Å². The van der Waals surface area contributed by atoms with Gasteiger partial charge in [0, 0.05) is 11.1 Å². The number of nitriles is 1. The highest BCUT2D eigenvalue weighted by atomic mass is 16.5. The van der Waals surface area contributed by atoms with Crippen LogP contribution in [0.3, 0.4) is 0 Å². The predicted molar refractivity (Wildman–Crippen MR) is 66.3 cm³/mol. The smallest absolute Gasteiger partial charge is 0.351 e. The number of aliphatic imine (C=N–C) groups is 1. The average Bonchev–Trinajstić information content (AvgIpc) is 2.69. The molecule has 1 aromatic rings. The van der Waals surface area contributed by atoms with Gasteiger partial charge in [-0.3, -0.25) is 0 Å². The van der Waals surface area contributed by atoms with E-state index in [0.29, 0.717) is 11.4 Å². The molecule has 0 aromatic heterocycles. The summed E-state index contributed by atoms with van der Waals surface area (Å²) in [6, 6.07) is 9.01. The largest absolute Gasteiger partial charge is 0.462 e. The quantitative estimate of drug-likeness (QED) is 0.478. The second kappa shape index (κ2) is 4.72. The van der Waals surface area contributed by atoms with Crippen molar-refractivity contribution < 1.29 is 9.53 Å². The van der Waals surface area contributed by atoms with Gasteiger partial charge in [-0.05, 0) is 6.92 Å². The molecule has 2 N–H and O–H groups in total. The fourth-order valence-corrected chi connectivity index (χ4v) is 1.74. The molecule has 0 atom stereocenters. The van der Waals surface area contributed by atoms with Crippen molar-refractivity contribution in [1.82, 2.24) is 0 Å². The van der Waals surface area contributed by atoms with E-state index in [-0.39, 0.29) is 17.9 Å². The summed E-state index contributed by atoms with van der Waals surface area (Å²) in [5.41, 5.74) is 7.33. The van der Waals surface area contributed by atoms with E-state index in [2.05, 4.69) is 4.99 Å². The maximum absolute atomic E-state index is 11.7. The lowest BCUT2D eigenvalue weighted by molar-refractivity contribution is -0.137. The molecule has 0 amide bonds. The van der Waals surface area contributed by atoms with Crippen molar-refractivity contribution in [2.45, 2.75) is 6.92 Å². The average molecular weight is 241 g/mol. The summed E-state index contributed by atoms with van der Waals surface area (Å²) in [5, 5.41) is 9.08. The first-order chi connectivity index (χ1) is 8.69. The lowest BCUT2D eigenvalue weighted by Crippen LogP contribution is -2.09. The van der Waals surface area contributed by atoms with Crippen LogP contribution in [0.2, 0.25) is 0 Å². The molecule has 1 aliphatic heterocycles. The number of esters is 1.